The lowest BCUT2D eigenvalue weighted by molar-refractivity contribution is 0.609. The molecule has 3 rings (SSSR count). The number of hydrogen-bond donors (Lipinski definition) is 2. The van der Waals surface area contributed by atoms with Gasteiger partial charge in [0.15, 0.2) is 5.96 Å². The summed E-state index contributed by atoms with van der Waals surface area (Å²) in [5.41, 5.74) is 8.87. The number of nitrogens with zero attached hydrogens (tertiary/aromatic N) is 1. The normalized spacial score (nSPS) is 20.7. The van der Waals surface area contributed by atoms with Gasteiger partial charge >= 0.3 is 0 Å². The SMILES string of the molecule is CCc1cccc(NC(N)=NC2CC2c2ccccc2F)c1. The fraction of sp³-hybridized carbons (Fsp3) is 0.278. The number of nitrogens with two attached hydrogens (primary N) is 1. The van der Waals surface area contributed by atoms with Gasteiger partial charge in [-0.25, -0.2) is 9.38 Å². The number of benzene rings is 2. The zero-order valence-electron chi connectivity index (χ0n) is 12.6. The maximum Gasteiger partial charge on any atom is 0.193 e. The lowest BCUT2D eigenvalue weighted by Crippen LogP contribution is -2.23. The Kier molecular flexibility index (Phi) is 4.09. The van der Waals surface area contributed by atoms with Crippen LogP contribution in [0.2, 0.25) is 0 Å². The van der Waals surface area contributed by atoms with Gasteiger partial charge in [0.1, 0.15) is 5.82 Å². The maximum absolute atomic E-state index is 13.7. The zero-order chi connectivity index (χ0) is 15.5. The summed E-state index contributed by atoms with van der Waals surface area (Å²) in [6.07, 6.45) is 1.82. The van der Waals surface area contributed by atoms with E-state index in [2.05, 4.69) is 29.4 Å². The van der Waals surface area contributed by atoms with E-state index in [1.54, 1.807) is 6.07 Å². The Hall–Kier alpha value is -2.36. The van der Waals surface area contributed by atoms with Crippen molar-refractivity contribution in [3.63, 3.8) is 0 Å². The van der Waals surface area contributed by atoms with Crippen LogP contribution in [0.5, 0.6) is 0 Å². The molecule has 2 aromatic rings. The molecule has 1 aliphatic rings. The maximum atomic E-state index is 13.7. The minimum absolute atomic E-state index is 0.0683. The Balaban J connectivity index is 1.65. The molecule has 4 heteroatoms. The van der Waals surface area contributed by atoms with Crippen LogP contribution in [-0.2, 0) is 6.42 Å². The van der Waals surface area contributed by atoms with Crippen molar-refractivity contribution < 1.29 is 4.39 Å². The summed E-state index contributed by atoms with van der Waals surface area (Å²) in [6, 6.07) is 15.0. The first kappa shape index (κ1) is 14.6. The van der Waals surface area contributed by atoms with Gasteiger partial charge in [-0.05, 0) is 42.2 Å². The fourth-order valence-electron chi connectivity index (χ4n) is 2.66. The van der Waals surface area contributed by atoms with Crippen LogP contribution in [0.4, 0.5) is 10.1 Å². The number of rotatable bonds is 4. The van der Waals surface area contributed by atoms with Crippen LogP contribution in [0, 0.1) is 5.82 Å². The lowest BCUT2D eigenvalue weighted by atomic mass is 10.1. The number of aliphatic imine (C=N–C) groups is 1. The first-order valence-electron chi connectivity index (χ1n) is 7.61. The summed E-state index contributed by atoms with van der Waals surface area (Å²) in [5, 5.41) is 3.11. The van der Waals surface area contributed by atoms with E-state index in [0.29, 0.717) is 5.96 Å². The summed E-state index contributed by atoms with van der Waals surface area (Å²) in [5.74, 6) is 0.369. The molecule has 0 heterocycles. The Morgan fingerprint density at radius 3 is 2.86 bits per heavy atom. The van der Waals surface area contributed by atoms with Gasteiger partial charge in [0.05, 0.1) is 6.04 Å². The average molecular weight is 297 g/mol. The molecule has 1 saturated carbocycles. The van der Waals surface area contributed by atoms with E-state index >= 15 is 0 Å². The highest BCUT2D eigenvalue weighted by molar-refractivity contribution is 5.92. The number of nitrogens with one attached hydrogen (secondary N) is 1. The summed E-state index contributed by atoms with van der Waals surface area (Å²) in [6.45, 7) is 2.11. The minimum atomic E-state index is -0.160. The lowest BCUT2D eigenvalue weighted by Gasteiger charge is -2.07. The molecule has 0 saturated heterocycles. The molecule has 22 heavy (non-hydrogen) atoms. The number of hydrogen-bond acceptors (Lipinski definition) is 1. The van der Waals surface area contributed by atoms with Crippen molar-refractivity contribution >= 4 is 11.6 Å². The molecule has 2 atom stereocenters. The molecule has 3 nitrogen and oxygen atoms in total. The van der Waals surface area contributed by atoms with Crippen LogP contribution < -0.4 is 11.1 Å². The van der Waals surface area contributed by atoms with Crippen molar-refractivity contribution in [2.24, 2.45) is 10.7 Å². The van der Waals surface area contributed by atoms with E-state index in [1.165, 1.54) is 11.6 Å². The molecule has 0 bridgehead atoms. The van der Waals surface area contributed by atoms with Gasteiger partial charge in [-0.3, -0.25) is 0 Å². The van der Waals surface area contributed by atoms with Crippen molar-refractivity contribution in [2.75, 3.05) is 5.32 Å². The van der Waals surface area contributed by atoms with Crippen molar-refractivity contribution in [1.29, 1.82) is 0 Å². The van der Waals surface area contributed by atoms with Crippen LogP contribution in [0.1, 0.15) is 30.4 Å². The molecular formula is C18H20FN3. The second kappa shape index (κ2) is 6.18. The highest BCUT2D eigenvalue weighted by Gasteiger charge is 2.40. The predicted molar refractivity (Wildman–Crippen MR) is 88.6 cm³/mol. The molecule has 1 aliphatic carbocycles. The second-order valence-electron chi connectivity index (χ2n) is 5.62. The van der Waals surface area contributed by atoms with Crippen LogP contribution in [-0.4, -0.2) is 12.0 Å². The standard InChI is InChI=1S/C18H20FN3/c1-2-12-6-5-7-13(10-12)21-18(20)22-17-11-15(17)14-8-3-4-9-16(14)19/h3-10,15,17H,2,11H2,1H3,(H3,20,21,22). The molecule has 0 amide bonds. The number of guanidine groups is 1. The van der Waals surface area contributed by atoms with Crippen molar-refractivity contribution in [2.45, 2.75) is 31.7 Å². The van der Waals surface area contributed by atoms with Gasteiger partial charge in [-0.15, -0.1) is 0 Å². The van der Waals surface area contributed by atoms with E-state index in [9.17, 15) is 4.39 Å². The Bertz CT molecular complexity index is 696. The van der Waals surface area contributed by atoms with Crippen LogP contribution in [0.15, 0.2) is 53.5 Å². The molecule has 0 spiro atoms. The Morgan fingerprint density at radius 1 is 1.27 bits per heavy atom. The van der Waals surface area contributed by atoms with E-state index in [-0.39, 0.29) is 17.8 Å². The first-order chi connectivity index (χ1) is 10.7. The van der Waals surface area contributed by atoms with E-state index < -0.39 is 0 Å². The largest absolute Gasteiger partial charge is 0.370 e. The third-order valence-corrected chi connectivity index (χ3v) is 3.97. The number of halogens is 1. The van der Waals surface area contributed by atoms with E-state index in [0.717, 1.165) is 24.1 Å². The quantitative estimate of drug-likeness (QED) is 0.668. The Morgan fingerprint density at radius 2 is 2.09 bits per heavy atom. The molecular weight excluding hydrogens is 277 g/mol. The molecule has 0 aliphatic heterocycles. The molecule has 2 unspecified atom stereocenters. The van der Waals surface area contributed by atoms with E-state index in [4.69, 9.17) is 5.73 Å². The molecule has 1 fully saturated rings. The van der Waals surface area contributed by atoms with Crippen LogP contribution in [0.25, 0.3) is 0 Å². The second-order valence-corrected chi connectivity index (χ2v) is 5.62. The predicted octanol–water partition coefficient (Wildman–Crippen LogP) is 3.67. The highest BCUT2D eigenvalue weighted by Crippen LogP contribution is 2.44. The van der Waals surface area contributed by atoms with Crippen molar-refractivity contribution in [3.8, 4) is 0 Å². The summed E-state index contributed by atoms with van der Waals surface area (Å²) < 4.78 is 13.7. The molecule has 3 N–H and O–H groups in total. The molecule has 2 aromatic carbocycles. The topological polar surface area (TPSA) is 50.4 Å². The summed E-state index contributed by atoms with van der Waals surface area (Å²) in [7, 11) is 0. The van der Waals surface area contributed by atoms with E-state index in [1.807, 2.05) is 24.3 Å². The third-order valence-electron chi connectivity index (χ3n) is 3.97. The summed E-state index contributed by atoms with van der Waals surface area (Å²) >= 11 is 0. The number of anilines is 1. The fourth-order valence-corrected chi connectivity index (χ4v) is 2.66. The molecule has 0 aromatic heterocycles. The van der Waals surface area contributed by atoms with Gasteiger partial charge in [0.2, 0.25) is 0 Å². The average Bonchev–Trinajstić information content (AvgIpc) is 3.26. The van der Waals surface area contributed by atoms with Gasteiger partial charge < -0.3 is 11.1 Å². The van der Waals surface area contributed by atoms with Gasteiger partial charge in [0.25, 0.3) is 0 Å². The summed E-state index contributed by atoms with van der Waals surface area (Å²) in [4.78, 5) is 4.45. The molecule has 0 radical (unpaired) electrons. The van der Waals surface area contributed by atoms with Crippen molar-refractivity contribution in [1.82, 2.24) is 0 Å². The zero-order valence-corrected chi connectivity index (χ0v) is 12.6. The van der Waals surface area contributed by atoms with Crippen molar-refractivity contribution in [3.05, 3.63) is 65.5 Å². The minimum Gasteiger partial charge on any atom is -0.370 e. The third kappa shape index (κ3) is 3.27. The number of aryl methyl sites for hydroxylation is 1. The monoisotopic (exact) mass is 297 g/mol. The van der Waals surface area contributed by atoms with Gasteiger partial charge in [-0.2, -0.15) is 0 Å². The highest BCUT2D eigenvalue weighted by atomic mass is 19.1. The van der Waals surface area contributed by atoms with Crippen LogP contribution in [0.3, 0.4) is 0 Å². The smallest absolute Gasteiger partial charge is 0.193 e. The van der Waals surface area contributed by atoms with Crippen LogP contribution >= 0.6 is 0 Å². The Labute approximate surface area is 130 Å². The first-order valence-corrected chi connectivity index (χ1v) is 7.61. The van der Waals surface area contributed by atoms with Gasteiger partial charge in [-0.1, -0.05) is 37.3 Å². The van der Waals surface area contributed by atoms with Gasteiger partial charge in [0, 0.05) is 11.6 Å². The molecule has 114 valence electrons.